The van der Waals surface area contributed by atoms with Gasteiger partial charge in [0.05, 0.1) is 17.4 Å². The van der Waals surface area contributed by atoms with Gasteiger partial charge in [0.25, 0.3) is 5.91 Å². The van der Waals surface area contributed by atoms with Crippen LogP contribution in [-0.4, -0.2) is 17.4 Å². The van der Waals surface area contributed by atoms with Gasteiger partial charge in [-0.2, -0.15) is 0 Å². The van der Waals surface area contributed by atoms with Crippen molar-refractivity contribution in [2.75, 3.05) is 11.9 Å². The molecule has 0 unspecified atom stereocenters. The maximum absolute atomic E-state index is 12.4. The minimum Gasteiger partial charge on any atom is -0.354 e. The number of nitrogens with one attached hydrogen (secondary N) is 2. The van der Waals surface area contributed by atoms with Gasteiger partial charge in [0.2, 0.25) is 0 Å². The second-order valence-electron chi connectivity index (χ2n) is 6.48. The number of hydrogen-bond acceptors (Lipinski definition) is 3. The van der Waals surface area contributed by atoms with Gasteiger partial charge in [-0.1, -0.05) is 49.4 Å². The molecule has 4 nitrogen and oxygen atoms in total. The number of aromatic nitrogens is 1. The molecule has 0 aliphatic carbocycles. The van der Waals surface area contributed by atoms with Gasteiger partial charge in [-0.25, -0.2) is 0 Å². The standard InChI is InChI=1S/C23H25N3O/c1-2-18-10-12-21(13-11-18)26-22-15-20(16-24-17-22)23(27)25-14-6-9-19-7-4-3-5-8-19/h3-5,7-8,10-13,15-17,26H,2,6,9,14H2,1H3,(H,25,27). The van der Waals surface area contributed by atoms with E-state index in [4.69, 9.17) is 0 Å². The molecule has 0 atom stereocenters. The van der Waals surface area contributed by atoms with Crippen LogP contribution in [0.4, 0.5) is 11.4 Å². The topological polar surface area (TPSA) is 54.0 Å². The lowest BCUT2D eigenvalue weighted by Gasteiger charge is -2.09. The lowest BCUT2D eigenvalue weighted by atomic mass is 10.1. The molecule has 1 heterocycles. The summed E-state index contributed by atoms with van der Waals surface area (Å²) in [6, 6.07) is 20.4. The lowest BCUT2D eigenvalue weighted by molar-refractivity contribution is 0.0953. The van der Waals surface area contributed by atoms with E-state index in [2.05, 4.69) is 46.8 Å². The number of carbonyl (C=O) groups excluding carboxylic acids is 1. The minimum atomic E-state index is -0.0967. The summed E-state index contributed by atoms with van der Waals surface area (Å²) in [6.45, 7) is 2.78. The van der Waals surface area contributed by atoms with Crippen molar-refractivity contribution >= 4 is 17.3 Å². The number of amides is 1. The average molecular weight is 359 g/mol. The van der Waals surface area contributed by atoms with Crippen molar-refractivity contribution in [2.45, 2.75) is 26.2 Å². The summed E-state index contributed by atoms with van der Waals surface area (Å²) in [6.07, 6.45) is 6.19. The van der Waals surface area contributed by atoms with E-state index in [1.165, 1.54) is 11.1 Å². The fourth-order valence-electron chi connectivity index (χ4n) is 2.86. The van der Waals surface area contributed by atoms with Crippen LogP contribution in [0, 0.1) is 0 Å². The minimum absolute atomic E-state index is 0.0967. The predicted octanol–water partition coefficient (Wildman–Crippen LogP) is 4.75. The summed E-state index contributed by atoms with van der Waals surface area (Å²) < 4.78 is 0. The highest BCUT2D eigenvalue weighted by molar-refractivity contribution is 5.94. The normalized spacial score (nSPS) is 10.4. The molecule has 4 heteroatoms. The van der Waals surface area contributed by atoms with Crippen LogP contribution in [0.3, 0.4) is 0 Å². The van der Waals surface area contributed by atoms with Crippen LogP contribution in [0.1, 0.15) is 34.8 Å². The van der Waals surface area contributed by atoms with Gasteiger partial charge in [0.1, 0.15) is 0 Å². The molecule has 1 aromatic heterocycles. The van der Waals surface area contributed by atoms with Crippen LogP contribution in [0.2, 0.25) is 0 Å². The van der Waals surface area contributed by atoms with Gasteiger partial charge in [-0.05, 0) is 48.6 Å². The summed E-state index contributed by atoms with van der Waals surface area (Å²) in [7, 11) is 0. The zero-order valence-electron chi connectivity index (χ0n) is 15.6. The van der Waals surface area contributed by atoms with E-state index in [1.54, 1.807) is 12.4 Å². The molecule has 1 amide bonds. The Balaban J connectivity index is 1.51. The van der Waals surface area contributed by atoms with Crippen molar-refractivity contribution in [1.82, 2.24) is 10.3 Å². The fraction of sp³-hybridized carbons (Fsp3) is 0.217. The Bertz CT molecular complexity index is 860. The molecule has 0 bridgehead atoms. The SMILES string of the molecule is CCc1ccc(Nc2cncc(C(=O)NCCCc3ccccc3)c2)cc1. The third-order valence-corrected chi connectivity index (χ3v) is 4.42. The largest absolute Gasteiger partial charge is 0.354 e. The first-order valence-corrected chi connectivity index (χ1v) is 9.38. The Morgan fingerprint density at radius 3 is 2.44 bits per heavy atom. The average Bonchev–Trinajstić information content (AvgIpc) is 2.72. The molecule has 138 valence electrons. The Morgan fingerprint density at radius 1 is 0.926 bits per heavy atom. The first-order valence-electron chi connectivity index (χ1n) is 9.38. The molecule has 3 aromatic rings. The third-order valence-electron chi connectivity index (χ3n) is 4.42. The Kier molecular flexibility index (Phi) is 6.58. The zero-order valence-corrected chi connectivity index (χ0v) is 15.6. The number of aryl methyl sites for hydroxylation is 2. The summed E-state index contributed by atoms with van der Waals surface area (Å²) in [5.41, 5.74) is 4.92. The highest BCUT2D eigenvalue weighted by Crippen LogP contribution is 2.17. The van der Waals surface area contributed by atoms with Gasteiger partial charge in [0, 0.05) is 18.4 Å². The number of anilines is 2. The Morgan fingerprint density at radius 2 is 1.70 bits per heavy atom. The predicted molar refractivity (Wildman–Crippen MR) is 110 cm³/mol. The quantitative estimate of drug-likeness (QED) is 0.571. The summed E-state index contributed by atoms with van der Waals surface area (Å²) in [4.78, 5) is 16.6. The van der Waals surface area contributed by atoms with Crippen LogP contribution in [0.5, 0.6) is 0 Å². The number of carbonyl (C=O) groups is 1. The van der Waals surface area contributed by atoms with E-state index in [-0.39, 0.29) is 5.91 Å². The van der Waals surface area contributed by atoms with Gasteiger partial charge in [-0.15, -0.1) is 0 Å². The van der Waals surface area contributed by atoms with Gasteiger partial charge >= 0.3 is 0 Å². The molecule has 0 spiro atoms. The Hall–Kier alpha value is -3.14. The van der Waals surface area contributed by atoms with Crippen LogP contribution >= 0.6 is 0 Å². The molecule has 0 saturated heterocycles. The number of benzene rings is 2. The molecule has 0 aliphatic rings. The summed E-state index contributed by atoms with van der Waals surface area (Å²) >= 11 is 0. The van der Waals surface area contributed by atoms with E-state index in [0.717, 1.165) is 30.6 Å². The molecule has 3 rings (SSSR count). The maximum Gasteiger partial charge on any atom is 0.252 e. The van der Waals surface area contributed by atoms with Crippen molar-refractivity contribution in [1.29, 1.82) is 0 Å². The number of rotatable bonds is 8. The molecule has 0 aliphatic heterocycles. The smallest absolute Gasteiger partial charge is 0.252 e. The highest BCUT2D eigenvalue weighted by Gasteiger charge is 2.07. The molecule has 0 saturated carbocycles. The van der Waals surface area contributed by atoms with Crippen molar-refractivity contribution < 1.29 is 4.79 Å². The molecule has 0 radical (unpaired) electrons. The van der Waals surface area contributed by atoms with Crippen molar-refractivity contribution in [2.24, 2.45) is 0 Å². The van der Waals surface area contributed by atoms with Crippen molar-refractivity contribution in [3.63, 3.8) is 0 Å². The number of nitrogens with zero attached hydrogens (tertiary/aromatic N) is 1. The van der Waals surface area contributed by atoms with E-state index < -0.39 is 0 Å². The maximum atomic E-state index is 12.4. The van der Waals surface area contributed by atoms with Crippen LogP contribution in [0.25, 0.3) is 0 Å². The van der Waals surface area contributed by atoms with Crippen molar-refractivity contribution in [3.8, 4) is 0 Å². The number of pyridine rings is 1. The molecule has 2 N–H and O–H groups in total. The monoisotopic (exact) mass is 359 g/mol. The summed E-state index contributed by atoms with van der Waals surface area (Å²) in [5, 5.41) is 6.27. The van der Waals surface area contributed by atoms with E-state index in [1.807, 2.05) is 36.4 Å². The zero-order chi connectivity index (χ0) is 18.9. The highest BCUT2D eigenvalue weighted by atomic mass is 16.1. The second kappa shape index (κ2) is 9.53. The first-order chi connectivity index (χ1) is 13.2. The van der Waals surface area contributed by atoms with Gasteiger partial charge in [0.15, 0.2) is 0 Å². The fourth-order valence-corrected chi connectivity index (χ4v) is 2.86. The second-order valence-corrected chi connectivity index (χ2v) is 6.48. The molecule has 27 heavy (non-hydrogen) atoms. The van der Waals surface area contributed by atoms with Crippen molar-refractivity contribution in [3.05, 3.63) is 89.7 Å². The van der Waals surface area contributed by atoms with Crippen LogP contribution in [0.15, 0.2) is 73.1 Å². The van der Waals surface area contributed by atoms with E-state index in [0.29, 0.717) is 12.1 Å². The lowest BCUT2D eigenvalue weighted by Crippen LogP contribution is -2.25. The first kappa shape index (κ1) is 18.6. The number of hydrogen-bond donors (Lipinski definition) is 2. The molecular formula is C23H25N3O. The Labute approximate surface area is 160 Å². The van der Waals surface area contributed by atoms with Crippen LogP contribution in [-0.2, 0) is 12.8 Å². The molecule has 0 fully saturated rings. The third kappa shape index (κ3) is 5.68. The van der Waals surface area contributed by atoms with Crippen LogP contribution < -0.4 is 10.6 Å². The van der Waals surface area contributed by atoms with Gasteiger partial charge < -0.3 is 10.6 Å². The van der Waals surface area contributed by atoms with E-state index >= 15 is 0 Å². The molecular weight excluding hydrogens is 334 g/mol. The van der Waals surface area contributed by atoms with Gasteiger partial charge in [-0.3, -0.25) is 9.78 Å². The van der Waals surface area contributed by atoms with E-state index in [9.17, 15) is 4.79 Å². The molecule has 2 aromatic carbocycles. The summed E-state index contributed by atoms with van der Waals surface area (Å²) in [5.74, 6) is -0.0967.